The number of halogens is 1. The number of amides is 3. The number of unbranched alkanes of at least 4 members (excludes halogenated alkanes) is 3. The molecule has 3 aliphatic rings. The Hall–Kier alpha value is -4.32. The molecule has 0 radical (unpaired) electrons. The molecule has 286 valence electrons. The monoisotopic (exact) mass is 799 g/mol. The zero-order valence-electron chi connectivity index (χ0n) is 30.8. The molecule has 0 aliphatic carbocycles. The maximum Gasteiger partial charge on any atom is 0.313 e. The molecule has 54 heavy (non-hydrogen) atoms. The zero-order chi connectivity index (χ0) is 38.4. The van der Waals surface area contributed by atoms with E-state index in [2.05, 4.69) is 34.4 Å². The number of hydrogen-bond acceptors (Lipinski definition) is 7. The molecule has 1 unspecified atom stereocenters. The third-order valence-corrected chi connectivity index (χ3v) is 11.9. The molecular weight excluding hydrogens is 750 g/mol. The minimum absolute atomic E-state index is 0.0873. The van der Waals surface area contributed by atoms with Gasteiger partial charge in [-0.1, -0.05) is 102 Å². The van der Waals surface area contributed by atoms with Crippen LogP contribution in [0.2, 0.25) is 0 Å². The van der Waals surface area contributed by atoms with E-state index in [0.29, 0.717) is 43.5 Å². The van der Waals surface area contributed by atoms with Crippen LogP contribution in [0.1, 0.15) is 63.5 Å². The third kappa shape index (κ3) is 7.76. The summed E-state index contributed by atoms with van der Waals surface area (Å²) in [5.41, 5.74) is 0.0787. The summed E-state index contributed by atoms with van der Waals surface area (Å²) >= 11 is 3.78. The lowest BCUT2D eigenvalue weighted by atomic mass is 9.70. The number of ether oxygens (including phenoxy) is 2. The topological polar surface area (TPSA) is 125 Å². The highest BCUT2D eigenvalue weighted by Crippen LogP contribution is 2.60. The van der Waals surface area contributed by atoms with Gasteiger partial charge in [0.05, 0.1) is 24.0 Å². The number of anilines is 1. The van der Waals surface area contributed by atoms with Crippen molar-refractivity contribution in [3.63, 3.8) is 0 Å². The summed E-state index contributed by atoms with van der Waals surface area (Å²) in [5, 5.41) is 14.3. The predicted molar refractivity (Wildman–Crippen MR) is 212 cm³/mol. The number of aliphatic hydroxyl groups is 1. The summed E-state index contributed by atoms with van der Waals surface area (Å²) in [6.07, 6.45) is 5.71. The zero-order valence-corrected chi connectivity index (χ0v) is 32.4. The van der Waals surface area contributed by atoms with Crippen molar-refractivity contribution >= 4 is 56.1 Å². The molecule has 3 amide bonds. The molecule has 2 bridgehead atoms. The normalized spacial score (nSPS) is 25.2. The van der Waals surface area contributed by atoms with Crippen LogP contribution in [0.5, 0.6) is 0 Å². The number of aliphatic hydroxyl groups excluding tert-OH is 1. The molecule has 10 nitrogen and oxygen atoms in total. The Morgan fingerprint density at radius 3 is 2.48 bits per heavy atom. The van der Waals surface area contributed by atoms with Gasteiger partial charge in [0.2, 0.25) is 11.8 Å². The summed E-state index contributed by atoms with van der Waals surface area (Å²) in [4.78, 5) is 60.1. The van der Waals surface area contributed by atoms with Gasteiger partial charge in [-0.25, -0.2) is 0 Å². The number of esters is 1. The van der Waals surface area contributed by atoms with Crippen molar-refractivity contribution in [1.82, 2.24) is 10.2 Å². The van der Waals surface area contributed by atoms with Crippen molar-refractivity contribution in [2.24, 2.45) is 11.8 Å². The number of rotatable bonds is 18. The van der Waals surface area contributed by atoms with Gasteiger partial charge in [0, 0.05) is 36.6 Å². The molecule has 3 aliphatic heterocycles. The number of carbonyl (C=O) groups is 4. The van der Waals surface area contributed by atoms with Crippen LogP contribution in [0.3, 0.4) is 0 Å². The summed E-state index contributed by atoms with van der Waals surface area (Å²) in [5.74, 6) is -3.36. The van der Waals surface area contributed by atoms with E-state index in [4.69, 9.17) is 9.47 Å². The summed E-state index contributed by atoms with van der Waals surface area (Å²) in [6.45, 7) is 10.0. The fraction of sp³-hybridized carbons (Fsp3) is 0.442. The second-order valence-electron chi connectivity index (χ2n) is 14.6. The molecule has 3 fully saturated rings. The minimum atomic E-state index is -1.29. The number of likely N-dealkylation sites (tertiary alicyclic amines) is 1. The van der Waals surface area contributed by atoms with E-state index in [9.17, 15) is 19.5 Å². The van der Waals surface area contributed by atoms with E-state index in [0.717, 1.165) is 23.6 Å². The van der Waals surface area contributed by atoms with Gasteiger partial charge in [0.25, 0.3) is 5.91 Å². The maximum atomic E-state index is 15.1. The Labute approximate surface area is 325 Å². The molecule has 6 rings (SSSR count). The van der Waals surface area contributed by atoms with Gasteiger partial charge in [0.15, 0.2) is 0 Å². The van der Waals surface area contributed by atoms with Crippen molar-refractivity contribution < 1.29 is 33.8 Å². The van der Waals surface area contributed by atoms with Crippen LogP contribution in [0.15, 0.2) is 98.1 Å². The maximum absolute atomic E-state index is 15.1. The Balaban J connectivity index is 1.34. The molecule has 8 atom stereocenters. The largest absolute Gasteiger partial charge is 0.455 e. The molecule has 0 aromatic heterocycles. The van der Waals surface area contributed by atoms with Gasteiger partial charge in [-0.15, -0.1) is 13.2 Å². The molecule has 3 saturated heterocycles. The van der Waals surface area contributed by atoms with Crippen molar-refractivity contribution in [3.05, 3.63) is 104 Å². The first-order valence-electron chi connectivity index (χ1n) is 18.9. The highest BCUT2D eigenvalue weighted by Gasteiger charge is 2.77. The Morgan fingerprint density at radius 2 is 1.76 bits per heavy atom. The Morgan fingerprint density at radius 1 is 1.04 bits per heavy atom. The van der Waals surface area contributed by atoms with E-state index in [1.807, 2.05) is 72.8 Å². The average molecular weight is 801 g/mol. The molecule has 2 N–H and O–H groups in total. The lowest BCUT2D eigenvalue weighted by molar-refractivity contribution is -0.162. The van der Waals surface area contributed by atoms with Crippen LogP contribution in [0, 0.1) is 11.8 Å². The highest BCUT2D eigenvalue weighted by molar-refractivity contribution is 9.09. The van der Waals surface area contributed by atoms with Gasteiger partial charge < -0.3 is 29.7 Å². The van der Waals surface area contributed by atoms with Gasteiger partial charge in [-0.2, -0.15) is 0 Å². The van der Waals surface area contributed by atoms with Gasteiger partial charge >= 0.3 is 5.97 Å². The molecule has 3 heterocycles. The van der Waals surface area contributed by atoms with Crippen molar-refractivity contribution in [3.8, 4) is 0 Å². The van der Waals surface area contributed by atoms with E-state index in [1.165, 1.54) is 0 Å². The van der Waals surface area contributed by atoms with E-state index in [-0.39, 0.29) is 42.1 Å². The fourth-order valence-electron chi connectivity index (χ4n) is 8.55. The minimum Gasteiger partial charge on any atom is -0.455 e. The number of carbonyl (C=O) groups excluding carboxylic acids is 4. The standard InChI is InChI=1S/C43H50BrN3O7/c1-4-6-20-34(49)45-28(3)37(30-17-10-9-11-18-30)53-42(52)35-36-40(50)47(24-14-7-8-15-25-48)39(43(36)27-33(44)38(35)54-43)41(51)46(23-5-2)32-22-21-29-16-12-13-19-31(29)26-32/h4-5,9-13,16-19,21-22,26,28,33,35-39,48H,1-2,6-8,14-15,20,23-25,27H2,3H3,(H,45,49)/t28-,33?,35+,36-,37-,38+,39+,43-/m1/s1. The number of hydrogen-bond donors (Lipinski definition) is 2. The van der Waals surface area contributed by atoms with Crippen molar-refractivity contribution in [2.45, 2.75) is 86.6 Å². The van der Waals surface area contributed by atoms with Crippen LogP contribution in [0.4, 0.5) is 5.69 Å². The Kier molecular flexibility index (Phi) is 12.7. The van der Waals surface area contributed by atoms with Crippen LogP contribution in [-0.2, 0) is 28.7 Å². The van der Waals surface area contributed by atoms with Crippen LogP contribution >= 0.6 is 15.9 Å². The quantitative estimate of drug-likeness (QED) is 0.0659. The average Bonchev–Trinajstić information content (AvgIpc) is 3.77. The summed E-state index contributed by atoms with van der Waals surface area (Å²) < 4.78 is 13.1. The molecular formula is C43H50BrN3O7. The molecule has 3 aromatic carbocycles. The first-order chi connectivity index (χ1) is 26.1. The third-order valence-electron chi connectivity index (χ3n) is 11.0. The van der Waals surface area contributed by atoms with Gasteiger partial charge in [-0.05, 0) is 61.1 Å². The lowest BCUT2D eigenvalue weighted by Gasteiger charge is -2.37. The summed E-state index contributed by atoms with van der Waals surface area (Å²) in [7, 11) is 0. The second-order valence-corrected chi connectivity index (χ2v) is 15.7. The van der Waals surface area contributed by atoms with Gasteiger partial charge in [-0.3, -0.25) is 19.2 Å². The van der Waals surface area contributed by atoms with E-state index < -0.39 is 47.7 Å². The van der Waals surface area contributed by atoms with Crippen LogP contribution in [-0.4, -0.2) is 82.0 Å². The lowest BCUT2D eigenvalue weighted by Crippen LogP contribution is -2.57. The molecule has 11 heteroatoms. The number of benzene rings is 3. The first kappa shape index (κ1) is 39.4. The number of alkyl halides is 1. The predicted octanol–water partition coefficient (Wildman–Crippen LogP) is 6.41. The van der Waals surface area contributed by atoms with E-state index in [1.54, 1.807) is 28.9 Å². The van der Waals surface area contributed by atoms with Gasteiger partial charge in [0.1, 0.15) is 17.7 Å². The van der Waals surface area contributed by atoms with Crippen molar-refractivity contribution in [1.29, 1.82) is 0 Å². The first-order valence-corrected chi connectivity index (χ1v) is 19.9. The summed E-state index contributed by atoms with van der Waals surface area (Å²) in [6, 6.07) is 21.4. The number of nitrogens with one attached hydrogen (secondary N) is 1. The van der Waals surface area contributed by atoms with Crippen molar-refractivity contribution in [2.75, 3.05) is 24.6 Å². The highest BCUT2D eigenvalue weighted by atomic mass is 79.9. The van der Waals surface area contributed by atoms with Crippen LogP contribution < -0.4 is 10.2 Å². The number of allylic oxidation sites excluding steroid dienone is 1. The molecule has 0 saturated carbocycles. The van der Waals surface area contributed by atoms with E-state index >= 15 is 4.79 Å². The fourth-order valence-corrected chi connectivity index (χ4v) is 9.49. The van der Waals surface area contributed by atoms with Crippen LogP contribution in [0.25, 0.3) is 10.8 Å². The molecule has 1 spiro atoms. The smallest absolute Gasteiger partial charge is 0.313 e. The number of fused-ring (bicyclic) bond motifs is 2. The Bertz CT molecular complexity index is 1850. The SMILES string of the molecule is C=CCCC(=O)N[C@H](C)[C@@H](OC(=O)[C@@H]1[C@H]2O[C@@]3(CC2Br)[C@H](C(=O)N(CC=C)c2ccc4ccccc4c2)N(CCCCCCO)C(=O)[C@@H]13)c1ccccc1. The second kappa shape index (κ2) is 17.4. The molecule has 3 aromatic rings. The number of nitrogens with zero attached hydrogens (tertiary/aromatic N) is 2.